The molecule has 1 aliphatic rings. The maximum atomic E-state index is 13.4. The van der Waals surface area contributed by atoms with Gasteiger partial charge in [-0.05, 0) is 24.1 Å². The monoisotopic (exact) mass is 394 g/mol. The second-order valence-electron chi connectivity index (χ2n) is 6.08. The van der Waals surface area contributed by atoms with Crippen LogP contribution in [0.5, 0.6) is 0 Å². The third kappa shape index (κ3) is 4.70. The molecule has 1 amide bonds. The Balaban J connectivity index is 2.39. The third-order valence-electron chi connectivity index (χ3n) is 4.28. The Morgan fingerprint density at radius 2 is 1.96 bits per heavy atom. The average molecular weight is 394 g/mol. The molecule has 1 aromatic carbocycles. The number of rotatable bonds is 4. The van der Waals surface area contributed by atoms with Crippen molar-refractivity contribution in [3.8, 4) is 6.07 Å². The van der Waals surface area contributed by atoms with E-state index in [1.54, 1.807) is 0 Å². The highest BCUT2D eigenvalue weighted by Crippen LogP contribution is 2.41. The molecule has 2 rings (SSSR count). The molecular formula is C16H16F6N4O. The first-order valence-electron chi connectivity index (χ1n) is 7.90. The van der Waals surface area contributed by atoms with Crippen molar-refractivity contribution in [2.45, 2.75) is 36.8 Å². The van der Waals surface area contributed by atoms with E-state index in [1.807, 2.05) is 0 Å². The van der Waals surface area contributed by atoms with E-state index < -0.39 is 47.4 Å². The quantitative estimate of drug-likeness (QED) is 0.682. The molecule has 0 aliphatic carbocycles. The molecule has 1 unspecified atom stereocenters. The Morgan fingerprint density at radius 3 is 2.48 bits per heavy atom. The standard InChI is InChI=1S/C16H16F6N4O/c17-15(18,19)11-5-8(1-2-9(11)7-24)10-6-12(14(27)25-4-3-23)26-13(10)16(20,21)22/h1-2,5,10,12-13,26H,3-4,6,23H2,(H,25,27)/t10?,12-,13+/m0/s1. The maximum absolute atomic E-state index is 13.4. The zero-order valence-electron chi connectivity index (χ0n) is 13.8. The minimum atomic E-state index is -4.89. The van der Waals surface area contributed by atoms with Crippen LogP contribution in [0.2, 0.25) is 0 Å². The highest BCUT2D eigenvalue weighted by molar-refractivity contribution is 5.82. The van der Waals surface area contributed by atoms with Gasteiger partial charge in [-0.25, -0.2) is 0 Å². The molecule has 1 fully saturated rings. The second kappa shape index (κ2) is 7.74. The lowest BCUT2D eigenvalue weighted by Gasteiger charge is -2.23. The van der Waals surface area contributed by atoms with E-state index in [2.05, 4.69) is 10.6 Å². The summed E-state index contributed by atoms with van der Waals surface area (Å²) in [5.74, 6) is -2.12. The van der Waals surface area contributed by atoms with Crippen LogP contribution < -0.4 is 16.4 Å². The van der Waals surface area contributed by atoms with Crippen LogP contribution in [0.3, 0.4) is 0 Å². The van der Waals surface area contributed by atoms with Crippen LogP contribution in [0.1, 0.15) is 29.0 Å². The number of carbonyl (C=O) groups excluding carboxylic acids is 1. The van der Waals surface area contributed by atoms with Crippen LogP contribution in [0.4, 0.5) is 26.3 Å². The van der Waals surface area contributed by atoms with Crippen molar-refractivity contribution in [2.75, 3.05) is 13.1 Å². The lowest BCUT2D eigenvalue weighted by molar-refractivity contribution is -0.156. The SMILES string of the molecule is N#Cc1ccc(C2C[C@@H](C(=O)NCCN)N[C@H]2C(F)(F)F)cc1C(F)(F)F. The molecule has 27 heavy (non-hydrogen) atoms. The van der Waals surface area contributed by atoms with Crippen LogP contribution in [-0.2, 0) is 11.0 Å². The van der Waals surface area contributed by atoms with Crippen molar-refractivity contribution in [3.63, 3.8) is 0 Å². The normalized spacial score (nSPS) is 23.1. The van der Waals surface area contributed by atoms with Gasteiger partial charge in [0.1, 0.15) is 6.04 Å². The van der Waals surface area contributed by atoms with E-state index in [1.165, 1.54) is 6.07 Å². The van der Waals surface area contributed by atoms with Crippen molar-refractivity contribution in [2.24, 2.45) is 5.73 Å². The molecule has 1 aliphatic heterocycles. The predicted molar refractivity (Wildman–Crippen MR) is 82.3 cm³/mol. The number of amides is 1. The Morgan fingerprint density at radius 1 is 1.30 bits per heavy atom. The number of hydrogen-bond donors (Lipinski definition) is 3. The predicted octanol–water partition coefficient (Wildman–Crippen LogP) is 2.03. The molecule has 0 radical (unpaired) electrons. The van der Waals surface area contributed by atoms with Gasteiger partial charge < -0.3 is 11.1 Å². The molecule has 1 heterocycles. The van der Waals surface area contributed by atoms with Crippen molar-refractivity contribution >= 4 is 5.91 Å². The smallest absolute Gasteiger partial charge is 0.353 e. The lowest BCUT2D eigenvalue weighted by atomic mass is 9.88. The van der Waals surface area contributed by atoms with E-state index in [-0.39, 0.29) is 25.1 Å². The number of alkyl halides is 6. The lowest BCUT2D eigenvalue weighted by Crippen LogP contribution is -2.48. The van der Waals surface area contributed by atoms with Crippen molar-refractivity contribution in [3.05, 3.63) is 34.9 Å². The number of halogens is 6. The molecule has 148 valence electrons. The zero-order valence-corrected chi connectivity index (χ0v) is 13.8. The second-order valence-corrected chi connectivity index (χ2v) is 6.08. The van der Waals surface area contributed by atoms with Crippen molar-refractivity contribution < 1.29 is 31.1 Å². The summed E-state index contributed by atoms with van der Waals surface area (Å²) in [6.45, 7) is 0.155. The number of nitriles is 1. The number of nitrogens with two attached hydrogens (primary N) is 1. The first-order valence-corrected chi connectivity index (χ1v) is 7.90. The summed E-state index contributed by atoms with van der Waals surface area (Å²) < 4.78 is 79.5. The van der Waals surface area contributed by atoms with Crippen LogP contribution >= 0.6 is 0 Å². The van der Waals surface area contributed by atoms with E-state index in [0.717, 1.165) is 12.1 Å². The minimum Gasteiger partial charge on any atom is -0.353 e. The number of hydrogen-bond acceptors (Lipinski definition) is 4. The van der Waals surface area contributed by atoms with Gasteiger partial charge in [-0.2, -0.15) is 31.6 Å². The molecule has 0 bridgehead atoms. The molecule has 11 heteroatoms. The molecule has 3 atom stereocenters. The Labute approximate surface area is 150 Å². The molecule has 1 saturated heterocycles. The Kier molecular flexibility index (Phi) is 6.01. The fourth-order valence-electron chi connectivity index (χ4n) is 3.07. The van der Waals surface area contributed by atoms with E-state index in [9.17, 15) is 31.1 Å². The van der Waals surface area contributed by atoms with Gasteiger partial charge in [-0.1, -0.05) is 6.07 Å². The zero-order chi connectivity index (χ0) is 20.4. The molecule has 0 spiro atoms. The fourth-order valence-corrected chi connectivity index (χ4v) is 3.07. The highest BCUT2D eigenvalue weighted by Gasteiger charge is 2.52. The Bertz CT molecular complexity index is 740. The molecular weight excluding hydrogens is 378 g/mol. The van der Waals surface area contributed by atoms with Crippen molar-refractivity contribution in [1.82, 2.24) is 10.6 Å². The molecule has 0 aromatic heterocycles. The van der Waals surface area contributed by atoms with Crippen molar-refractivity contribution in [1.29, 1.82) is 5.26 Å². The summed E-state index contributed by atoms with van der Waals surface area (Å²) in [5, 5.41) is 13.3. The Hall–Kier alpha value is -2.32. The van der Waals surface area contributed by atoms with Gasteiger partial charge in [-0.3, -0.25) is 10.1 Å². The summed E-state index contributed by atoms with van der Waals surface area (Å²) in [6, 6.07) is 0.400. The third-order valence-corrected chi connectivity index (χ3v) is 4.28. The van der Waals surface area contributed by atoms with Gasteiger partial charge >= 0.3 is 12.4 Å². The minimum absolute atomic E-state index is 0.0629. The van der Waals surface area contributed by atoms with Crippen LogP contribution in [-0.4, -0.2) is 37.3 Å². The average Bonchev–Trinajstić information content (AvgIpc) is 3.04. The van der Waals surface area contributed by atoms with E-state index in [0.29, 0.717) is 6.07 Å². The first-order chi connectivity index (χ1) is 12.5. The van der Waals surface area contributed by atoms with Gasteiger partial charge in [0.05, 0.1) is 23.2 Å². The first kappa shape index (κ1) is 21.0. The molecule has 1 aromatic rings. The summed E-state index contributed by atoms with van der Waals surface area (Å²) in [7, 11) is 0. The summed E-state index contributed by atoms with van der Waals surface area (Å²) >= 11 is 0. The van der Waals surface area contributed by atoms with E-state index >= 15 is 0 Å². The number of benzene rings is 1. The molecule has 4 N–H and O–H groups in total. The number of nitrogens with zero attached hydrogens (tertiary/aromatic N) is 1. The summed E-state index contributed by atoms with van der Waals surface area (Å²) in [6.07, 6.45) is -10.0. The van der Waals surface area contributed by atoms with E-state index in [4.69, 9.17) is 11.0 Å². The number of carbonyl (C=O) groups is 1. The van der Waals surface area contributed by atoms with Gasteiger partial charge in [0.15, 0.2) is 0 Å². The maximum Gasteiger partial charge on any atom is 0.417 e. The number of nitrogens with one attached hydrogen (secondary N) is 2. The van der Waals surface area contributed by atoms with Crippen LogP contribution in [0, 0.1) is 11.3 Å². The summed E-state index contributed by atoms with van der Waals surface area (Å²) in [4.78, 5) is 12.0. The van der Waals surface area contributed by atoms with Gasteiger partial charge in [0.2, 0.25) is 5.91 Å². The highest BCUT2D eigenvalue weighted by atomic mass is 19.4. The molecule has 0 saturated carbocycles. The largest absolute Gasteiger partial charge is 0.417 e. The van der Waals surface area contributed by atoms with Gasteiger partial charge in [0, 0.05) is 19.0 Å². The molecule has 5 nitrogen and oxygen atoms in total. The van der Waals surface area contributed by atoms with Crippen LogP contribution in [0.25, 0.3) is 0 Å². The van der Waals surface area contributed by atoms with Crippen LogP contribution in [0.15, 0.2) is 18.2 Å². The summed E-state index contributed by atoms with van der Waals surface area (Å²) in [5.41, 5.74) is 2.99. The van der Waals surface area contributed by atoms with Gasteiger partial charge in [-0.15, -0.1) is 0 Å². The fraction of sp³-hybridized carbons (Fsp3) is 0.500. The topological polar surface area (TPSA) is 90.9 Å². The van der Waals surface area contributed by atoms with Gasteiger partial charge in [0.25, 0.3) is 0 Å².